The molecule has 1 saturated heterocycles. The van der Waals surface area contributed by atoms with Crippen LogP contribution < -0.4 is 0 Å². The van der Waals surface area contributed by atoms with Crippen molar-refractivity contribution in [3.63, 3.8) is 0 Å². The lowest BCUT2D eigenvalue weighted by molar-refractivity contribution is 0.152. The predicted octanol–water partition coefficient (Wildman–Crippen LogP) is 2.01. The van der Waals surface area contributed by atoms with Crippen LogP contribution in [0, 0.1) is 0 Å². The number of hydrogen-bond acceptors (Lipinski definition) is 5. The number of piperazine rings is 1. The topological polar surface area (TPSA) is 61.2 Å². The van der Waals surface area contributed by atoms with Gasteiger partial charge >= 0.3 is 0 Å². The van der Waals surface area contributed by atoms with Crippen molar-refractivity contribution >= 4 is 10.9 Å². The molecule has 1 aliphatic heterocycles. The fourth-order valence-corrected chi connectivity index (χ4v) is 2.99. The number of fused-ring (bicyclic) bond motifs is 1. The van der Waals surface area contributed by atoms with Gasteiger partial charge in [0.2, 0.25) is 11.7 Å². The Bertz CT molecular complexity index is 785. The Morgan fingerprint density at radius 1 is 1.17 bits per heavy atom. The highest BCUT2D eigenvalue weighted by atomic mass is 16.5. The fourth-order valence-electron chi connectivity index (χ4n) is 2.99. The summed E-state index contributed by atoms with van der Waals surface area (Å²) in [6.07, 6.45) is 2.74. The second-order valence-corrected chi connectivity index (χ2v) is 6.19. The minimum atomic E-state index is 0.662. The Morgan fingerprint density at radius 3 is 2.91 bits per heavy atom. The quantitative estimate of drug-likeness (QED) is 0.798. The zero-order valence-electron chi connectivity index (χ0n) is 13.3. The highest BCUT2D eigenvalue weighted by Crippen LogP contribution is 2.21. The molecule has 6 heteroatoms. The van der Waals surface area contributed by atoms with Crippen LogP contribution in [-0.2, 0) is 6.42 Å². The summed E-state index contributed by atoms with van der Waals surface area (Å²) in [6.45, 7) is 5.46. The molecule has 120 valence electrons. The lowest BCUT2D eigenvalue weighted by Gasteiger charge is -2.31. The molecular formula is C17H21N5O. The van der Waals surface area contributed by atoms with Gasteiger partial charge in [-0.1, -0.05) is 17.3 Å². The number of rotatable bonds is 4. The predicted molar refractivity (Wildman–Crippen MR) is 89.2 cm³/mol. The van der Waals surface area contributed by atoms with Crippen LogP contribution >= 0.6 is 0 Å². The van der Waals surface area contributed by atoms with Crippen LogP contribution in [0.25, 0.3) is 22.3 Å². The van der Waals surface area contributed by atoms with E-state index in [1.165, 1.54) is 5.39 Å². The molecule has 2 aromatic heterocycles. The normalized spacial score (nSPS) is 17.1. The molecular weight excluding hydrogens is 290 g/mol. The van der Waals surface area contributed by atoms with Gasteiger partial charge < -0.3 is 19.3 Å². The van der Waals surface area contributed by atoms with Crippen LogP contribution in [-0.4, -0.2) is 64.7 Å². The molecule has 1 fully saturated rings. The second-order valence-electron chi connectivity index (χ2n) is 6.19. The highest BCUT2D eigenvalue weighted by Gasteiger charge is 2.15. The lowest BCUT2D eigenvalue weighted by atomic mass is 10.1. The maximum Gasteiger partial charge on any atom is 0.228 e. The lowest BCUT2D eigenvalue weighted by Crippen LogP contribution is -2.45. The van der Waals surface area contributed by atoms with Crippen LogP contribution in [0.1, 0.15) is 5.89 Å². The number of aromatic amines is 1. The van der Waals surface area contributed by atoms with Gasteiger partial charge in [0.15, 0.2) is 0 Å². The van der Waals surface area contributed by atoms with E-state index in [2.05, 4.69) is 50.2 Å². The summed E-state index contributed by atoms with van der Waals surface area (Å²) in [7, 11) is 2.17. The van der Waals surface area contributed by atoms with Gasteiger partial charge in [-0.3, -0.25) is 0 Å². The summed E-state index contributed by atoms with van der Waals surface area (Å²) >= 11 is 0. The van der Waals surface area contributed by atoms with Crippen LogP contribution in [0.5, 0.6) is 0 Å². The monoisotopic (exact) mass is 311 g/mol. The summed E-state index contributed by atoms with van der Waals surface area (Å²) < 4.78 is 5.42. The van der Waals surface area contributed by atoms with Gasteiger partial charge in [0.1, 0.15) is 0 Å². The molecule has 6 nitrogen and oxygen atoms in total. The van der Waals surface area contributed by atoms with E-state index in [0.717, 1.165) is 50.2 Å². The first kappa shape index (κ1) is 14.4. The molecule has 1 aromatic carbocycles. The van der Waals surface area contributed by atoms with Crippen molar-refractivity contribution < 1.29 is 4.52 Å². The number of nitrogens with zero attached hydrogens (tertiary/aromatic N) is 4. The van der Waals surface area contributed by atoms with Crippen molar-refractivity contribution in [3.8, 4) is 11.4 Å². The van der Waals surface area contributed by atoms with E-state index in [1.54, 1.807) is 0 Å². The molecule has 3 heterocycles. The van der Waals surface area contributed by atoms with E-state index in [1.807, 2.05) is 12.3 Å². The molecule has 0 unspecified atom stereocenters. The van der Waals surface area contributed by atoms with Crippen LogP contribution in [0.2, 0.25) is 0 Å². The molecule has 0 amide bonds. The van der Waals surface area contributed by atoms with Crippen LogP contribution in [0.15, 0.2) is 35.0 Å². The molecule has 0 aliphatic carbocycles. The van der Waals surface area contributed by atoms with E-state index < -0.39 is 0 Å². The first-order valence-electron chi connectivity index (χ1n) is 8.09. The van der Waals surface area contributed by atoms with Crippen molar-refractivity contribution in [1.82, 2.24) is 24.9 Å². The average molecular weight is 311 g/mol. The van der Waals surface area contributed by atoms with E-state index in [4.69, 9.17) is 4.52 Å². The van der Waals surface area contributed by atoms with Crippen molar-refractivity contribution in [2.24, 2.45) is 0 Å². The molecule has 1 aliphatic rings. The van der Waals surface area contributed by atoms with E-state index in [-0.39, 0.29) is 0 Å². The maximum atomic E-state index is 5.42. The van der Waals surface area contributed by atoms with Crippen LogP contribution in [0.4, 0.5) is 0 Å². The third-order valence-electron chi connectivity index (χ3n) is 4.52. The third-order valence-corrected chi connectivity index (χ3v) is 4.52. The highest BCUT2D eigenvalue weighted by molar-refractivity contribution is 5.83. The largest absolute Gasteiger partial charge is 0.361 e. The van der Waals surface area contributed by atoms with Gasteiger partial charge in [-0.05, 0) is 24.6 Å². The van der Waals surface area contributed by atoms with E-state index >= 15 is 0 Å². The van der Waals surface area contributed by atoms with Gasteiger partial charge in [0.05, 0.1) is 0 Å². The van der Waals surface area contributed by atoms with Crippen molar-refractivity contribution in [2.45, 2.75) is 6.42 Å². The fraction of sp³-hybridized carbons (Fsp3) is 0.412. The van der Waals surface area contributed by atoms with Crippen LogP contribution in [0.3, 0.4) is 0 Å². The molecule has 3 aromatic rings. The molecule has 0 spiro atoms. The summed E-state index contributed by atoms with van der Waals surface area (Å²) in [5, 5.41) is 5.31. The Labute approximate surface area is 135 Å². The number of hydrogen-bond donors (Lipinski definition) is 1. The minimum absolute atomic E-state index is 0.662. The number of H-pyrrole nitrogens is 1. The third kappa shape index (κ3) is 3.13. The molecule has 1 N–H and O–H groups in total. The number of aromatic nitrogens is 3. The summed E-state index contributed by atoms with van der Waals surface area (Å²) in [5.74, 6) is 1.38. The summed E-state index contributed by atoms with van der Waals surface area (Å²) in [5.41, 5.74) is 2.07. The zero-order valence-corrected chi connectivity index (χ0v) is 13.3. The SMILES string of the molecule is CN1CCN(CCc2nc(-c3ccc4cc[nH]c4c3)no2)CC1. The van der Waals surface area contributed by atoms with Gasteiger partial charge in [-0.25, -0.2) is 0 Å². The second kappa shape index (κ2) is 6.14. The Hall–Kier alpha value is -2.18. The molecule has 0 atom stereocenters. The van der Waals surface area contributed by atoms with E-state index in [0.29, 0.717) is 11.7 Å². The van der Waals surface area contributed by atoms with Crippen molar-refractivity contribution in [3.05, 3.63) is 36.4 Å². The number of likely N-dealkylation sites (N-methyl/N-ethyl adjacent to an activating group) is 1. The molecule has 0 bridgehead atoms. The number of nitrogens with one attached hydrogen (secondary N) is 1. The van der Waals surface area contributed by atoms with Crippen molar-refractivity contribution in [1.29, 1.82) is 0 Å². The standard InChI is InChI=1S/C17H21N5O/c1-21-8-10-22(11-9-21)7-5-16-19-17(20-23-16)14-3-2-13-4-6-18-15(13)12-14/h2-4,6,12,18H,5,7-11H2,1H3. The Morgan fingerprint density at radius 2 is 2.04 bits per heavy atom. The first-order valence-corrected chi connectivity index (χ1v) is 8.09. The van der Waals surface area contributed by atoms with Crippen molar-refractivity contribution in [2.75, 3.05) is 39.8 Å². The Kier molecular flexibility index (Phi) is 3.85. The first-order chi connectivity index (χ1) is 11.3. The van der Waals surface area contributed by atoms with Gasteiger partial charge in [0.25, 0.3) is 0 Å². The molecule has 0 saturated carbocycles. The zero-order chi connectivity index (χ0) is 15.6. The van der Waals surface area contributed by atoms with E-state index in [9.17, 15) is 0 Å². The van der Waals surface area contributed by atoms with Gasteiger partial charge in [-0.2, -0.15) is 4.98 Å². The van der Waals surface area contributed by atoms with Gasteiger partial charge in [0, 0.05) is 56.4 Å². The number of benzene rings is 1. The average Bonchev–Trinajstić information content (AvgIpc) is 3.22. The Balaban J connectivity index is 1.42. The molecule has 0 radical (unpaired) electrons. The smallest absolute Gasteiger partial charge is 0.228 e. The van der Waals surface area contributed by atoms with Gasteiger partial charge in [-0.15, -0.1) is 0 Å². The maximum absolute atomic E-state index is 5.42. The summed E-state index contributed by atoms with van der Waals surface area (Å²) in [6, 6.07) is 8.22. The minimum Gasteiger partial charge on any atom is -0.361 e. The molecule has 4 rings (SSSR count). The molecule has 23 heavy (non-hydrogen) atoms. The summed E-state index contributed by atoms with van der Waals surface area (Å²) in [4.78, 5) is 12.6.